The maximum absolute atomic E-state index is 13.2. The van der Waals surface area contributed by atoms with Crippen molar-refractivity contribution >= 4 is 5.69 Å². The van der Waals surface area contributed by atoms with Crippen LogP contribution in [0, 0.1) is 5.92 Å². The molecule has 0 amide bonds. The summed E-state index contributed by atoms with van der Waals surface area (Å²) in [6.45, 7) is 0. The Morgan fingerprint density at radius 1 is 1.04 bits per heavy atom. The molecule has 1 N–H and O–H groups in total. The first kappa shape index (κ1) is 17.8. The van der Waals surface area contributed by atoms with E-state index in [2.05, 4.69) is 5.32 Å². The number of fused-ring (bicyclic) bond motifs is 3. The summed E-state index contributed by atoms with van der Waals surface area (Å²) in [6, 6.07) is 9.56. The molecule has 0 spiro atoms. The van der Waals surface area contributed by atoms with E-state index in [9.17, 15) is 13.2 Å². The third-order valence-electron chi connectivity index (χ3n) is 5.46. The fourth-order valence-electron chi connectivity index (χ4n) is 4.24. The number of ether oxygens (including phenoxy) is 2. The molecule has 142 valence electrons. The Hall–Kier alpha value is -2.63. The average Bonchev–Trinajstić information content (AvgIpc) is 3.15. The zero-order chi connectivity index (χ0) is 19.2. The van der Waals surface area contributed by atoms with Crippen LogP contribution in [0.25, 0.3) is 0 Å². The highest BCUT2D eigenvalue weighted by Crippen LogP contribution is 2.52. The highest BCUT2D eigenvalue weighted by molar-refractivity contribution is 5.62. The molecule has 4 rings (SSSR count). The van der Waals surface area contributed by atoms with Crippen LogP contribution in [-0.2, 0) is 6.18 Å². The molecule has 0 saturated heterocycles. The van der Waals surface area contributed by atoms with Crippen molar-refractivity contribution in [1.29, 1.82) is 0 Å². The molecule has 0 bridgehead atoms. The quantitative estimate of drug-likeness (QED) is 0.714. The molecule has 0 fully saturated rings. The molecule has 1 aliphatic heterocycles. The summed E-state index contributed by atoms with van der Waals surface area (Å²) in [5, 5.41) is 3.45. The highest BCUT2D eigenvalue weighted by Gasteiger charge is 2.41. The molecule has 3 atom stereocenters. The van der Waals surface area contributed by atoms with E-state index in [4.69, 9.17) is 9.47 Å². The SMILES string of the molecule is COc1cccc([C@@H]2Nc3ccc(C(F)(F)F)cc3[C@@H]3C=CC[C@@H]32)c1OC. The number of hydrogen-bond acceptors (Lipinski definition) is 3. The van der Waals surface area contributed by atoms with Gasteiger partial charge in [-0.1, -0.05) is 24.3 Å². The standard InChI is InChI=1S/C21H20F3NO2/c1-26-18-8-4-7-15(20(18)27-2)19-14-6-3-5-13(14)16-11-12(21(22,23)24)9-10-17(16)25-19/h3-5,7-11,13-14,19,25H,6H2,1-2H3/t13-,14+,19-/m1/s1. The Labute approximate surface area is 155 Å². The number of alkyl halides is 3. The molecule has 3 nitrogen and oxygen atoms in total. The summed E-state index contributed by atoms with van der Waals surface area (Å²) < 4.78 is 50.5. The number of hydrogen-bond donors (Lipinski definition) is 1. The average molecular weight is 375 g/mol. The molecule has 0 unspecified atom stereocenters. The van der Waals surface area contributed by atoms with Gasteiger partial charge in [0.1, 0.15) is 0 Å². The predicted molar refractivity (Wildman–Crippen MR) is 97.3 cm³/mol. The van der Waals surface area contributed by atoms with Crippen LogP contribution in [0.2, 0.25) is 0 Å². The van der Waals surface area contributed by atoms with Crippen molar-refractivity contribution in [3.8, 4) is 11.5 Å². The van der Waals surface area contributed by atoms with Gasteiger partial charge in [0.25, 0.3) is 0 Å². The molecule has 0 saturated carbocycles. The second-order valence-corrected chi connectivity index (χ2v) is 6.86. The fourth-order valence-corrected chi connectivity index (χ4v) is 4.24. The van der Waals surface area contributed by atoms with Gasteiger partial charge in [-0.2, -0.15) is 13.2 Å². The van der Waals surface area contributed by atoms with Crippen molar-refractivity contribution in [3.05, 3.63) is 65.2 Å². The number of methoxy groups -OCH3 is 2. The molecule has 2 aromatic carbocycles. The van der Waals surface area contributed by atoms with E-state index in [-0.39, 0.29) is 17.9 Å². The van der Waals surface area contributed by atoms with Gasteiger partial charge in [-0.25, -0.2) is 0 Å². The highest BCUT2D eigenvalue weighted by atomic mass is 19.4. The summed E-state index contributed by atoms with van der Waals surface area (Å²) >= 11 is 0. The number of para-hydroxylation sites is 1. The minimum absolute atomic E-state index is 0.0653. The first-order valence-electron chi connectivity index (χ1n) is 8.79. The van der Waals surface area contributed by atoms with Crippen LogP contribution in [0.4, 0.5) is 18.9 Å². The molecule has 1 aliphatic carbocycles. The second-order valence-electron chi connectivity index (χ2n) is 6.86. The summed E-state index contributed by atoms with van der Waals surface area (Å²) in [4.78, 5) is 0. The molecule has 6 heteroatoms. The lowest BCUT2D eigenvalue weighted by Crippen LogP contribution is -2.29. The number of nitrogens with one attached hydrogen (secondary N) is 1. The number of benzene rings is 2. The molecular formula is C21H20F3NO2. The lowest BCUT2D eigenvalue weighted by Gasteiger charge is -2.38. The Morgan fingerprint density at radius 2 is 1.85 bits per heavy atom. The van der Waals surface area contributed by atoms with Crippen LogP contribution in [0.1, 0.15) is 35.1 Å². The van der Waals surface area contributed by atoms with Gasteiger partial charge in [0, 0.05) is 17.2 Å². The number of halogens is 3. The van der Waals surface area contributed by atoms with Gasteiger partial charge in [0.15, 0.2) is 11.5 Å². The van der Waals surface area contributed by atoms with Gasteiger partial charge in [0.2, 0.25) is 0 Å². The maximum atomic E-state index is 13.2. The molecular weight excluding hydrogens is 355 g/mol. The monoisotopic (exact) mass is 375 g/mol. The van der Waals surface area contributed by atoms with Gasteiger partial charge in [0.05, 0.1) is 25.8 Å². The number of rotatable bonds is 3. The summed E-state index contributed by atoms with van der Waals surface area (Å²) in [6.07, 6.45) is 0.508. The van der Waals surface area contributed by atoms with Crippen molar-refractivity contribution in [2.24, 2.45) is 5.92 Å². The van der Waals surface area contributed by atoms with Crippen molar-refractivity contribution in [2.75, 3.05) is 19.5 Å². The van der Waals surface area contributed by atoms with Crippen LogP contribution in [-0.4, -0.2) is 14.2 Å². The zero-order valence-electron chi connectivity index (χ0n) is 15.0. The van der Waals surface area contributed by atoms with E-state index in [0.29, 0.717) is 17.1 Å². The zero-order valence-corrected chi connectivity index (χ0v) is 15.0. The van der Waals surface area contributed by atoms with Gasteiger partial charge >= 0.3 is 6.18 Å². The van der Waals surface area contributed by atoms with Gasteiger partial charge in [-0.3, -0.25) is 0 Å². The van der Waals surface area contributed by atoms with E-state index in [0.717, 1.165) is 23.7 Å². The van der Waals surface area contributed by atoms with Crippen molar-refractivity contribution in [2.45, 2.75) is 24.6 Å². The third-order valence-corrected chi connectivity index (χ3v) is 5.46. The van der Waals surface area contributed by atoms with Crippen molar-refractivity contribution in [3.63, 3.8) is 0 Å². The number of anilines is 1. The van der Waals surface area contributed by atoms with Crippen molar-refractivity contribution in [1.82, 2.24) is 0 Å². The molecule has 0 aromatic heterocycles. The van der Waals surface area contributed by atoms with Gasteiger partial charge in [-0.05, 0) is 42.2 Å². The smallest absolute Gasteiger partial charge is 0.416 e. The fraction of sp³-hybridized carbons (Fsp3) is 0.333. The Bertz CT molecular complexity index is 891. The van der Waals surface area contributed by atoms with Gasteiger partial charge < -0.3 is 14.8 Å². The lowest BCUT2D eigenvalue weighted by atomic mass is 9.76. The second kappa shape index (κ2) is 6.51. The molecule has 2 aromatic rings. The van der Waals surface area contributed by atoms with Crippen LogP contribution in [0.5, 0.6) is 11.5 Å². The molecule has 2 aliphatic rings. The number of allylic oxidation sites excluding steroid dienone is 2. The van der Waals surface area contributed by atoms with Gasteiger partial charge in [-0.15, -0.1) is 0 Å². The molecule has 27 heavy (non-hydrogen) atoms. The summed E-state index contributed by atoms with van der Waals surface area (Å²) in [5.74, 6) is 1.34. The van der Waals surface area contributed by atoms with Crippen molar-refractivity contribution < 1.29 is 22.6 Å². The molecule has 0 radical (unpaired) electrons. The minimum atomic E-state index is -4.35. The maximum Gasteiger partial charge on any atom is 0.416 e. The Morgan fingerprint density at radius 3 is 2.56 bits per heavy atom. The van der Waals surface area contributed by atoms with Crippen LogP contribution in [0.3, 0.4) is 0 Å². The minimum Gasteiger partial charge on any atom is -0.493 e. The molecule has 1 heterocycles. The largest absolute Gasteiger partial charge is 0.493 e. The normalized spacial score (nSPS) is 23.4. The summed E-state index contributed by atoms with van der Waals surface area (Å²) in [5.41, 5.74) is 1.76. The van der Waals surface area contributed by atoms with Crippen LogP contribution in [0.15, 0.2) is 48.6 Å². The summed E-state index contributed by atoms with van der Waals surface area (Å²) in [7, 11) is 3.18. The van der Waals surface area contributed by atoms with E-state index in [1.165, 1.54) is 12.1 Å². The Kier molecular flexibility index (Phi) is 4.29. The third kappa shape index (κ3) is 2.93. The van der Waals surface area contributed by atoms with E-state index in [1.54, 1.807) is 14.2 Å². The topological polar surface area (TPSA) is 30.5 Å². The Balaban J connectivity index is 1.80. The first-order valence-corrected chi connectivity index (χ1v) is 8.79. The van der Waals surface area contributed by atoms with E-state index >= 15 is 0 Å². The first-order chi connectivity index (χ1) is 12.9. The van der Waals surface area contributed by atoms with Crippen LogP contribution < -0.4 is 14.8 Å². The lowest BCUT2D eigenvalue weighted by molar-refractivity contribution is -0.137. The van der Waals surface area contributed by atoms with Crippen LogP contribution >= 0.6 is 0 Å². The van der Waals surface area contributed by atoms with E-state index in [1.807, 2.05) is 30.4 Å². The predicted octanol–water partition coefficient (Wildman–Crippen LogP) is 5.55. The van der Waals surface area contributed by atoms with E-state index < -0.39 is 11.7 Å².